The minimum atomic E-state index is -0.0508. The number of aromatic amines is 1. The zero-order valence-corrected chi connectivity index (χ0v) is 11.9. The molecule has 0 saturated heterocycles. The molecular weight excluding hydrogens is 254 g/mol. The molecule has 0 aliphatic heterocycles. The third kappa shape index (κ3) is 3.34. The first-order chi connectivity index (χ1) is 9.58. The number of rotatable bonds is 5. The number of amides is 1. The molecule has 2 rings (SSSR count). The lowest BCUT2D eigenvalue weighted by molar-refractivity contribution is 0.0782. The van der Waals surface area contributed by atoms with Crippen LogP contribution in [0.4, 0.5) is 5.69 Å². The van der Waals surface area contributed by atoms with Gasteiger partial charge in [0, 0.05) is 18.8 Å². The van der Waals surface area contributed by atoms with Gasteiger partial charge in [0.05, 0.1) is 12.1 Å². The first-order valence-electron chi connectivity index (χ1n) is 6.53. The Morgan fingerprint density at radius 2 is 2.15 bits per heavy atom. The van der Waals surface area contributed by atoms with E-state index in [2.05, 4.69) is 20.5 Å². The molecule has 0 aliphatic rings. The van der Waals surface area contributed by atoms with Crippen LogP contribution >= 0.6 is 0 Å². The number of H-pyrrole nitrogens is 1. The molecule has 106 valence electrons. The first kappa shape index (κ1) is 14.0. The van der Waals surface area contributed by atoms with Crippen molar-refractivity contribution in [3.05, 3.63) is 42.0 Å². The van der Waals surface area contributed by atoms with Crippen LogP contribution in [0.15, 0.2) is 30.6 Å². The van der Waals surface area contributed by atoms with Crippen LogP contribution in [0.2, 0.25) is 0 Å². The van der Waals surface area contributed by atoms with E-state index in [-0.39, 0.29) is 11.9 Å². The molecule has 0 unspecified atom stereocenters. The van der Waals surface area contributed by atoms with E-state index in [4.69, 9.17) is 0 Å². The van der Waals surface area contributed by atoms with Gasteiger partial charge < -0.3 is 10.2 Å². The lowest BCUT2D eigenvalue weighted by Crippen LogP contribution is -2.28. The van der Waals surface area contributed by atoms with Crippen LogP contribution in [0.5, 0.6) is 0 Å². The standard InChI is InChI=1S/C14H19N5O/c1-10(2)17-12-7-5-4-6-11(12)14(20)19(3)8-13-15-9-16-18-13/h4-7,9-10,17H,8H2,1-3H3,(H,15,16,18). The minimum absolute atomic E-state index is 0.0508. The maximum atomic E-state index is 12.5. The number of benzene rings is 1. The summed E-state index contributed by atoms with van der Waals surface area (Å²) >= 11 is 0. The van der Waals surface area contributed by atoms with Crippen LogP contribution in [-0.4, -0.2) is 39.1 Å². The number of nitrogens with one attached hydrogen (secondary N) is 2. The van der Waals surface area contributed by atoms with Crippen molar-refractivity contribution in [2.24, 2.45) is 0 Å². The van der Waals surface area contributed by atoms with Crippen molar-refractivity contribution in [3.63, 3.8) is 0 Å². The Balaban J connectivity index is 2.15. The summed E-state index contributed by atoms with van der Waals surface area (Å²) in [5, 5.41) is 9.81. The number of hydrogen-bond donors (Lipinski definition) is 2. The van der Waals surface area contributed by atoms with Crippen molar-refractivity contribution < 1.29 is 4.79 Å². The molecule has 0 saturated carbocycles. The normalized spacial score (nSPS) is 10.6. The number of aromatic nitrogens is 3. The molecule has 0 aliphatic carbocycles. The van der Waals surface area contributed by atoms with Crippen molar-refractivity contribution in [3.8, 4) is 0 Å². The largest absolute Gasteiger partial charge is 0.382 e. The highest BCUT2D eigenvalue weighted by Crippen LogP contribution is 2.18. The second-order valence-electron chi connectivity index (χ2n) is 4.94. The van der Waals surface area contributed by atoms with Crippen LogP contribution < -0.4 is 5.32 Å². The zero-order chi connectivity index (χ0) is 14.5. The van der Waals surface area contributed by atoms with Gasteiger partial charge in [-0.1, -0.05) is 12.1 Å². The average molecular weight is 273 g/mol. The monoisotopic (exact) mass is 273 g/mol. The third-order valence-electron chi connectivity index (χ3n) is 2.80. The van der Waals surface area contributed by atoms with Gasteiger partial charge >= 0.3 is 0 Å². The van der Waals surface area contributed by atoms with E-state index in [1.54, 1.807) is 11.9 Å². The van der Waals surface area contributed by atoms with Crippen molar-refractivity contribution in [1.82, 2.24) is 20.1 Å². The van der Waals surface area contributed by atoms with Gasteiger partial charge in [-0.25, -0.2) is 4.98 Å². The van der Waals surface area contributed by atoms with Crippen molar-refractivity contribution in [1.29, 1.82) is 0 Å². The topological polar surface area (TPSA) is 73.9 Å². The predicted octanol–water partition coefficient (Wildman–Crippen LogP) is 1.90. The van der Waals surface area contributed by atoms with E-state index >= 15 is 0 Å². The summed E-state index contributed by atoms with van der Waals surface area (Å²) in [7, 11) is 1.75. The Bertz CT molecular complexity index is 565. The van der Waals surface area contributed by atoms with Crippen molar-refractivity contribution >= 4 is 11.6 Å². The number of nitrogens with zero attached hydrogens (tertiary/aromatic N) is 3. The molecule has 1 amide bonds. The molecule has 2 aromatic rings. The van der Waals surface area contributed by atoms with E-state index in [1.165, 1.54) is 6.33 Å². The van der Waals surface area contributed by atoms with Crippen LogP contribution in [-0.2, 0) is 6.54 Å². The Morgan fingerprint density at radius 3 is 2.80 bits per heavy atom. The molecule has 0 atom stereocenters. The molecule has 6 nitrogen and oxygen atoms in total. The summed E-state index contributed by atoms with van der Waals surface area (Å²) < 4.78 is 0. The summed E-state index contributed by atoms with van der Waals surface area (Å²) in [5.41, 5.74) is 1.50. The van der Waals surface area contributed by atoms with Gasteiger partial charge in [0.15, 0.2) is 0 Å². The fourth-order valence-corrected chi connectivity index (χ4v) is 1.92. The van der Waals surface area contributed by atoms with Gasteiger partial charge in [-0.2, -0.15) is 5.10 Å². The van der Waals surface area contributed by atoms with Gasteiger partial charge in [-0.15, -0.1) is 0 Å². The fraction of sp³-hybridized carbons (Fsp3) is 0.357. The predicted molar refractivity (Wildman–Crippen MR) is 77.4 cm³/mol. The van der Waals surface area contributed by atoms with Crippen LogP contribution in [0.25, 0.3) is 0 Å². The Morgan fingerprint density at radius 1 is 1.40 bits per heavy atom. The number of carbonyl (C=O) groups is 1. The van der Waals surface area contributed by atoms with Crippen LogP contribution in [0.1, 0.15) is 30.0 Å². The highest BCUT2D eigenvalue weighted by molar-refractivity contribution is 5.99. The molecule has 1 aromatic heterocycles. The molecule has 0 radical (unpaired) electrons. The highest BCUT2D eigenvalue weighted by Gasteiger charge is 2.16. The van der Waals surface area contributed by atoms with Gasteiger partial charge in [0.2, 0.25) is 0 Å². The molecule has 0 fully saturated rings. The molecule has 0 bridgehead atoms. The van der Waals surface area contributed by atoms with Crippen molar-refractivity contribution in [2.75, 3.05) is 12.4 Å². The van der Waals surface area contributed by atoms with E-state index in [0.717, 1.165) is 5.69 Å². The summed E-state index contributed by atoms with van der Waals surface area (Å²) in [6, 6.07) is 7.78. The van der Waals surface area contributed by atoms with E-state index in [1.807, 2.05) is 38.1 Å². The van der Waals surface area contributed by atoms with Gasteiger partial charge in [0.1, 0.15) is 12.2 Å². The minimum Gasteiger partial charge on any atom is -0.382 e. The highest BCUT2D eigenvalue weighted by atomic mass is 16.2. The molecule has 1 heterocycles. The first-order valence-corrected chi connectivity index (χ1v) is 6.53. The maximum absolute atomic E-state index is 12.5. The molecule has 2 N–H and O–H groups in total. The van der Waals surface area contributed by atoms with E-state index in [0.29, 0.717) is 17.9 Å². The maximum Gasteiger partial charge on any atom is 0.256 e. The van der Waals surface area contributed by atoms with Crippen LogP contribution in [0.3, 0.4) is 0 Å². The van der Waals surface area contributed by atoms with E-state index in [9.17, 15) is 4.79 Å². The molecule has 1 aromatic carbocycles. The quantitative estimate of drug-likeness (QED) is 0.872. The SMILES string of the molecule is CC(C)Nc1ccccc1C(=O)N(C)Cc1ncn[nH]1. The number of hydrogen-bond acceptors (Lipinski definition) is 4. The summed E-state index contributed by atoms with van der Waals surface area (Å²) in [6.45, 7) is 4.48. The second-order valence-corrected chi connectivity index (χ2v) is 4.94. The van der Waals surface area contributed by atoms with E-state index < -0.39 is 0 Å². The molecule has 6 heteroatoms. The van der Waals surface area contributed by atoms with Crippen LogP contribution in [0, 0.1) is 0 Å². The second kappa shape index (κ2) is 6.18. The summed E-state index contributed by atoms with van der Waals surface area (Å²) in [6.07, 6.45) is 1.43. The summed E-state index contributed by atoms with van der Waals surface area (Å²) in [4.78, 5) is 18.1. The molecular formula is C14H19N5O. The summed E-state index contributed by atoms with van der Waals surface area (Å²) in [5.74, 6) is 0.611. The number of carbonyl (C=O) groups excluding carboxylic acids is 1. The van der Waals surface area contributed by atoms with Gasteiger partial charge in [-0.05, 0) is 26.0 Å². The lowest BCUT2D eigenvalue weighted by Gasteiger charge is -2.19. The van der Waals surface area contributed by atoms with Gasteiger partial charge in [-0.3, -0.25) is 9.89 Å². The third-order valence-corrected chi connectivity index (χ3v) is 2.80. The van der Waals surface area contributed by atoms with Gasteiger partial charge in [0.25, 0.3) is 5.91 Å². The number of anilines is 1. The van der Waals surface area contributed by atoms with Crippen molar-refractivity contribution in [2.45, 2.75) is 26.4 Å². The zero-order valence-electron chi connectivity index (χ0n) is 11.9. The Labute approximate surface area is 118 Å². The smallest absolute Gasteiger partial charge is 0.256 e. The Kier molecular flexibility index (Phi) is 4.34. The Hall–Kier alpha value is -2.37. The fourth-order valence-electron chi connectivity index (χ4n) is 1.92. The number of para-hydroxylation sites is 1. The lowest BCUT2D eigenvalue weighted by atomic mass is 10.1. The molecule has 0 spiro atoms. The molecule has 20 heavy (non-hydrogen) atoms. The average Bonchev–Trinajstić information content (AvgIpc) is 2.90.